The van der Waals surface area contributed by atoms with Gasteiger partial charge >= 0.3 is 0 Å². The predicted octanol–water partition coefficient (Wildman–Crippen LogP) is 4.35. The standard InChI is InChI=1S/C18H24BrNO2/c1-4-18(21)20-8-7-13-5-6-14-9-16(19)17(10-15(13)14)22-11-12(2)3/h9-10,13H,2,4-8,11H2,1,3H3,(H,20,21). The molecule has 22 heavy (non-hydrogen) atoms. The van der Waals surface area contributed by atoms with Gasteiger partial charge in [-0.2, -0.15) is 0 Å². The highest BCUT2D eigenvalue weighted by Crippen LogP contribution is 2.40. The summed E-state index contributed by atoms with van der Waals surface area (Å²) in [6, 6.07) is 4.33. The quantitative estimate of drug-likeness (QED) is 0.729. The topological polar surface area (TPSA) is 38.3 Å². The smallest absolute Gasteiger partial charge is 0.219 e. The first kappa shape index (κ1) is 17.1. The van der Waals surface area contributed by atoms with Gasteiger partial charge in [0.25, 0.3) is 0 Å². The number of nitrogens with one attached hydrogen (secondary N) is 1. The lowest BCUT2D eigenvalue weighted by atomic mass is 9.97. The van der Waals surface area contributed by atoms with Crippen LogP contribution in [0.4, 0.5) is 0 Å². The molecule has 1 aliphatic carbocycles. The number of ether oxygens (including phenoxy) is 1. The van der Waals surface area contributed by atoms with Crippen molar-refractivity contribution in [1.29, 1.82) is 0 Å². The molecule has 4 heteroatoms. The predicted molar refractivity (Wildman–Crippen MR) is 93.4 cm³/mol. The van der Waals surface area contributed by atoms with Crippen LogP contribution in [0.1, 0.15) is 50.2 Å². The maximum atomic E-state index is 11.3. The van der Waals surface area contributed by atoms with Crippen LogP contribution in [-0.2, 0) is 11.2 Å². The zero-order valence-electron chi connectivity index (χ0n) is 13.4. The highest BCUT2D eigenvalue weighted by Gasteiger charge is 2.24. The summed E-state index contributed by atoms with van der Waals surface area (Å²) < 4.78 is 6.82. The van der Waals surface area contributed by atoms with Crippen LogP contribution in [-0.4, -0.2) is 19.1 Å². The van der Waals surface area contributed by atoms with Gasteiger partial charge in [-0.15, -0.1) is 0 Å². The van der Waals surface area contributed by atoms with Crippen LogP contribution < -0.4 is 10.1 Å². The minimum atomic E-state index is 0.125. The summed E-state index contributed by atoms with van der Waals surface area (Å²) in [7, 11) is 0. The van der Waals surface area contributed by atoms with Crippen molar-refractivity contribution in [3.8, 4) is 5.75 Å². The molecule has 1 amide bonds. The van der Waals surface area contributed by atoms with Gasteiger partial charge in [-0.1, -0.05) is 13.5 Å². The molecule has 0 saturated carbocycles. The van der Waals surface area contributed by atoms with Gasteiger partial charge in [0.15, 0.2) is 0 Å². The van der Waals surface area contributed by atoms with Gasteiger partial charge in [0.1, 0.15) is 12.4 Å². The van der Waals surface area contributed by atoms with Gasteiger partial charge in [-0.25, -0.2) is 0 Å². The van der Waals surface area contributed by atoms with E-state index in [4.69, 9.17) is 4.74 Å². The molecule has 1 unspecified atom stereocenters. The Morgan fingerprint density at radius 3 is 2.95 bits per heavy atom. The van der Waals surface area contributed by atoms with Gasteiger partial charge < -0.3 is 10.1 Å². The molecule has 1 atom stereocenters. The van der Waals surface area contributed by atoms with E-state index in [1.165, 1.54) is 11.1 Å². The number of carbonyl (C=O) groups excluding carboxylic acids is 1. The molecule has 1 N–H and O–H groups in total. The molecule has 0 saturated heterocycles. The second-order valence-corrected chi connectivity index (χ2v) is 6.81. The van der Waals surface area contributed by atoms with E-state index >= 15 is 0 Å². The Hall–Kier alpha value is -1.29. The Bertz CT molecular complexity index is 568. The fourth-order valence-electron chi connectivity index (χ4n) is 2.81. The third-order valence-corrected chi connectivity index (χ3v) is 4.63. The molecule has 3 nitrogen and oxygen atoms in total. The van der Waals surface area contributed by atoms with E-state index < -0.39 is 0 Å². The number of fused-ring (bicyclic) bond motifs is 1. The van der Waals surface area contributed by atoms with E-state index in [2.05, 4.69) is 40.0 Å². The Labute approximate surface area is 141 Å². The molecule has 1 aromatic carbocycles. The normalized spacial score (nSPS) is 16.2. The highest BCUT2D eigenvalue weighted by atomic mass is 79.9. The van der Waals surface area contributed by atoms with E-state index in [1.807, 2.05) is 13.8 Å². The zero-order valence-corrected chi connectivity index (χ0v) is 15.0. The summed E-state index contributed by atoms with van der Waals surface area (Å²) >= 11 is 3.59. The van der Waals surface area contributed by atoms with Gasteiger partial charge in [-0.3, -0.25) is 4.79 Å². The lowest BCUT2D eigenvalue weighted by Gasteiger charge is -2.15. The molecule has 0 fully saturated rings. The molecule has 0 spiro atoms. The Kier molecular flexibility index (Phi) is 6.07. The van der Waals surface area contributed by atoms with Crippen molar-refractivity contribution in [2.75, 3.05) is 13.2 Å². The number of aryl methyl sites for hydroxylation is 1. The molecule has 120 valence electrons. The minimum Gasteiger partial charge on any atom is -0.488 e. The van der Waals surface area contributed by atoms with Crippen molar-refractivity contribution in [3.05, 3.63) is 39.9 Å². The average Bonchev–Trinajstić information content (AvgIpc) is 2.86. The minimum absolute atomic E-state index is 0.125. The van der Waals surface area contributed by atoms with Crippen LogP contribution in [0.15, 0.2) is 28.8 Å². The molecule has 0 heterocycles. The molecule has 1 aromatic rings. The molecule has 0 aromatic heterocycles. The number of benzene rings is 1. The number of amides is 1. The summed E-state index contributed by atoms with van der Waals surface area (Å²) in [6.45, 7) is 8.99. The number of halogens is 1. The van der Waals surface area contributed by atoms with Gasteiger partial charge in [0, 0.05) is 13.0 Å². The van der Waals surface area contributed by atoms with Crippen molar-refractivity contribution < 1.29 is 9.53 Å². The molecular formula is C18H24BrNO2. The SMILES string of the molecule is C=C(C)COc1cc2c(cc1Br)CCC2CCNC(=O)CC. The number of hydrogen-bond acceptors (Lipinski definition) is 2. The van der Waals surface area contributed by atoms with E-state index in [1.54, 1.807) is 0 Å². The van der Waals surface area contributed by atoms with E-state index in [-0.39, 0.29) is 5.91 Å². The van der Waals surface area contributed by atoms with E-state index in [0.717, 1.165) is 41.6 Å². The van der Waals surface area contributed by atoms with Crippen molar-refractivity contribution in [1.82, 2.24) is 5.32 Å². The fourth-order valence-corrected chi connectivity index (χ4v) is 3.32. The van der Waals surface area contributed by atoms with Crippen molar-refractivity contribution >= 4 is 21.8 Å². The largest absolute Gasteiger partial charge is 0.488 e. The monoisotopic (exact) mass is 365 g/mol. The maximum Gasteiger partial charge on any atom is 0.219 e. The van der Waals surface area contributed by atoms with E-state index in [9.17, 15) is 4.79 Å². The third-order valence-electron chi connectivity index (χ3n) is 4.01. The highest BCUT2D eigenvalue weighted by molar-refractivity contribution is 9.10. The van der Waals surface area contributed by atoms with Crippen LogP contribution in [0.25, 0.3) is 0 Å². The molecule has 0 aliphatic heterocycles. The lowest BCUT2D eigenvalue weighted by molar-refractivity contribution is -0.120. The van der Waals surface area contributed by atoms with Gasteiger partial charge in [0.2, 0.25) is 5.91 Å². The van der Waals surface area contributed by atoms with Crippen LogP contribution in [0.2, 0.25) is 0 Å². The first-order chi connectivity index (χ1) is 10.5. The Morgan fingerprint density at radius 2 is 2.27 bits per heavy atom. The molecular weight excluding hydrogens is 342 g/mol. The molecule has 0 radical (unpaired) electrons. The summed E-state index contributed by atoms with van der Waals surface area (Å²) in [6.07, 6.45) is 3.78. The number of rotatable bonds is 7. The molecule has 1 aliphatic rings. The summed E-state index contributed by atoms with van der Waals surface area (Å²) in [5.41, 5.74) is 3.76. The van der Waals surface area contributed by atoms with Crippen molar-refractivity contribution in [3.63, 3.8) is 0 Å². The second-order valence-electron chi connectivity index (χ2n) is 5.96. The molecule has 2 rings (SSSR count). The van der Waals surface area contributed by atoms with Gasteiger partial charge in [-0.05, 0) is 76.9 Å². The van der Waals surface area contributed by atoms with Crippen LogP contribution in [0.3, 0.4) is 0 Å². The number of carbonyl (C=O) groups is 1. The summed E-state index contributed by atoms with van der Waals surface area (Å²) in [4.78, 5) is 11.3. The molecule has 0 bridgehead atoms. The summed E-state index contributed by atoms with van der Waals surface area (Å²) in [5.74, 6) is 1.51. The van der Waals surface area contributed by atoms with Crippen LogP contribution in [0, 0.1) is 0 Å². The van der Waals surface area contributed by atoms with Crippen molar-refractivity contribution in [2.24, 2.45) is 0 Å². The van der Waals surface area contributed by atoms with Crippen molar-refractivity contribution in [2.45, 2.75) is 45.4 Å². The second kappa shape index (κ2) is 7.82. The first-order valence-corrected chi connectivity index (χ1v) is 8.66. The first-order valence-electron chi connectivity index (χ1n) is 7.87. The third kappa shape index (κ3) is 4.35. The maximum absolute atomic E-state index is 11.3. The summed E-state index contributed by atoms with van der Waals surface area (Å²) in [5, 5.41) is 2.97. The fraction of sp³-hybridized carbons (Fsp3) is 0.500. The van der Waals surface area contributed by atoms with Crippen LogP contribution >= 0.6 is 15.9 Å². The zero-order chi connectivity index (χ0) is 16.1. The van der Waals surface area contributed by atoms with E-state index in [0.29, 0.717) is 18.9 Å². The lowest BCUT2D eigenvalue weighted by Crippen LogP contribution is -2.24. The van der Waals surface area contributed by atoms with Gasteiger partial charge in [0.05, 0.1) is 4.47 Å². The van der Waals surface area contributed by atoms with Crippen LogP contribution in [0.5, 0.6) is 5.75 Å². The number of hydrogen-bond donors (Lipinski definition) is 1. The Balaban J connectivity index is 2.04. The average molecular weight is 366 g/mol. The Morgan fingerprint density at radius 1 is 1.50 bits per heavy atom.